The van der Waals surface area contributed by atoms with Gasteiger partial charge in [-0.2, -0.15) is 5.10 Å². The Morgan fingerprint density at radius 1 is 1.21 bits per heavy atom. The first-order chi connectivity index (χ1) is 8.75. The van der Waals surface area contributed by atoms with Gasteiger partial charge < -0.3 is 10.2 Å². The molecule has 19 heavy (non-hydrogen) atoms. The van der Waals surface area contributed by atoms with Crippen LogP contribution in [-0.4, -0.2) is 28.9 Å². The van der Waals surface area contributed by atoms with Crippen molar-refractivity contribution in [3.8, 4) is 0 Å². The lowest BCUT2D eigenvalue weighted by atomic mass is 10.0. The van der Waals surface area contributed by atoms with Crippen LogP contribution in [0.1, 0.15) is 45.9 Å². The van der Waals surface area contributed by atoms with E-state index >= 15 is 0 Å². The molecule has 1 aromatic rings. The standard InChI is InChI=1S/C15H30N4/c1-10(2)13(6)18(7)15-14(9-16-11(3)4)12(5)17-19(15)8/h10-11,13,16H,9H2,1-8H3. The molecule has 0 aliphatic carbocycles. The van der Waals surface area contributed by atoms with E-state index in [1.165, 1.54) is 11.4 Å². The summed E-state index contributed by atoms with van der Waals surface area (Å²) in [5.74, 6) is 1.85. The van der Waals surface area contributed by atoms with Gasteiger partial charge in [-0.3, -0.25) is 4.68 Å². The molecule has 0 aromatic carbocycles. The summed E-state index contributed by atoms with van der Waals surface area (Å²) in [6, 6.07) is 0.980. The van der Waals surface area contributed by atoms with Crippen LogP contribution in [0.25, 0.3) is 0 Å². The zero-order valence-electron chi connectivity index (χ0n) is 13.8. The Morgan fingerprint density at radius 3 is 2.26 bits per heavy atom. The average molecular weight is 266 g/mol. The molecule has 1 N–H and O–H groups in total. The van der Waals surface area contributed by atoms with E-state index in [9.17, 15) is 0 Å². The second-order valence-electron chi connectivity index (χ2n) is 6.14. The molecule has 0 saturated heterocycles. The molecule has 1 atom stereocenters. The summed E-state index contributed by atoms with van der Waals surface area (Å²) in [4.78, 5) is 2.35. The van der Waals surface area contributed by atoms with Crippen molar-refractivity contribution in [2.45, 2.75) is 60.2 Å². The van der Waals surface area contributed by atoms with Crippen LogP contribution in [0.2, 0.25) is 0 Å². The molecule has 0 spiro atoms. The predicted octanol–water partition coefficient (Wildman–Crippen LogP) is 2.71. The average Bonchev–Trinajstić information content (AvgIpc) is 2.59. The van der Waals surface area contributed by atoms with Gasteiger partial charge in [0.15, 0.2) is 0 Å². The third-order valence-electron chi connectivity index (χ3n) is 3.91. The van der Waals surface area contributed by atoms with Gasteiger partial charge in [0.1, 0.15) is 5.82 Å². The van der Waals surface area contributed by atoms with Crippen molar-refractivity contribution in [3.63, 3.8) is 0 Å². The second-order valence-corrected chi connectivity index (χ2v) is 6.14. The van der Waals surface area contributed by atoms with E-state index in [-0.39, 0.29) is 0 Å². The molecule has 110 valence electrons. The fourth-order valence-electron chi connectivity index (χ4n) is 2.28. The fourth-order valence-corrected chi connectivity index (χ4v) is 2.28. The lowest BCUT2D eigenvalue weighted by Crippen LogP contribution is -2.35. The Morgan fingerprint density at radius 2 is 1.79 bits per heavy atom. The van der Waals surface area contributed by atoms with Crippen LogP contribution in [0.4, 0.5) is 5.82 Å². The molecule has 0 fully saturated rings. The molecule has 4 heteroatoms. The minimum absolute atomic E-state index is 0.486. The van der Waals surface area contributed by atoms with E-state index in [4.69, 9.17) is 0 Å². The highest BCUT2D eigenvalue weighted by molar-refractivity contribution is 5.50. The lowest BCUT2D eigenvalue weighted by molar-refractivity contribution is 0.494. The van der Waals surface area contributed by atoms with Crippen LogP contribution in [0, 0.1) is 12.8 Å². The maximum absolute atomic E-state index is 4.59. The molecular formula is C15H30N4. The van der Waals surface area contributed by atoms with E-state index in [0.717, 1.165) is 12.2 Å². The molecule has 0 aliphatic rings. The largest absolute Gasteiger partial charge is 0.357 e. The van der Waals surface area contributed by atoms with Gasteiger partial charge in [0.2, 0.25) is 0 Å². The molecule has 0 radical (unpaired) electrons. The lowest BCUT2D eigenvalue weighted by Gasteiger charge is -2.31. The predicted molar refractivity (Wildman–Crippen MR) is 82.6 cm³/mol. The van der Waals surface area contributed by atoms with Gasteiger partial charge in [-0.25, -0.2) is 0 Å². The smallest absolute Gasteiger partial charge is 0.131 e. The van der Waals surface area contributed by atoms with E-state index in [2.05, 4.69) is 63.9 Å². The number of nitrogens with one attached hydrogen (secondary N) is 1. The number of hydrogen-bond donors (Lipinski definition) is 1. The van der Waals surface area contributed by atoms with Gasteiger partial charge in [0.05, 0.1) is 5.69 Å². The molecule has 1 aromatic heterocycles. The number of nitrogens with zero attached hydrogens (tertiary/aromatic N) is 3. The van der Waals surface area contributed by atoms with Crippen LogP contribution < -0.4 is 10.2 Å². The highest BCUT2D eigenvalue weighted by Crippen LogP contribution is 2.25. The number of aromatic nitrogens is 2. The van der Waals surface area contributed by atoms with Gasteiger partial charge in [-0.15, -0.1) is 0 Å². The van der Waals surface area contributed by atoms with Crippen molar-refractivity contribution in [1.82, 2.24) is 15.1 Å². The third-order valence-corrected chi connectivity index (χ3v) is 3.91. The maximum atomic E-state index is 4.59. The van der Waals surface area contributed by atoms with Crippen molar-refractivity contribution in [1.29, 1.82) is 0 Å². The monoisotopic (exact) mass is 266 g/mol. The second kappa shape index (κ2) is 6.42. The fraction of sp³-hybridized carbons (Fsp3) is 0.800. The van der Waals surface area contributed by atoms with Crippen LogP contribution >= 0.6 is 0 Å². The molecule has 0 saturated carbocycles. The van der Waals surface area contributed by atoms with Gasteiger partial charge in [0, 0.05) is 38.3 Å². The summed E-state index contributed by atoms with van der Waals surface area (Å²) in [6.07, 6.45) is 0. The van der Waals surface area contributed by atoms with Gasteiger partial charge >= 0.3 is 0 Å². The minimum Gasteiger partial charge on any atom is -0.357 e. The molecule has 1 heterocycles. The quantitative estimate of drug-likeness (QED) is 0.859. The first-order valence-corrected chi connectivity index (χ1v) is 7.24. The summed E-state index contributed by atoms with van der Waals surface area (Å²) < 4.78 is 2.01. The third kappa shape index (κ3) is 3.72. The van der Waals surface area contributed by atoms with Crippen LogP contribution in [0.3, 0.4) is 0 Å². The van der Waals surface area contributed by atoms with E-state index in [0.29, 0.717) is 18.0 Å². The molecule has 0 aliphatic heterocycles. The van der Waals surface area contributed by atoms with Crippen molar-refractivity contribution in [2.24, 2.45) is 13.0 Å². The Balaban J connectivity index is 3.04. The summed E-state index contributed by atoms with van der Waals surface area (Å²) >= 11 is 0. The Kier molecular flexibility index (Phi) is 5.41. The Hall–Kier alpha value is -1.03. The Labute approximate surface area is 118 Å². The van der Waals surface area contributed by atoms with E-state index < -0.39 is 0 Å². The SMILES string of the molecule is Cc1nn(C)c(N(C)C(C)C(C)C)c1CNC(C)C. The molecule has 4 nitrogen and oxygen atoms in total. The summed E-state index contributed by atoms with van der Waals surface area (Å²) in [6.45, 7) is 14.1. The van der Waals surface area contributed by atoms with Crippen molar-refractivity contribution >= 4 is 5.82 Å². The topological polar surface area (TPSA) is 33.1 Å². The van der Waals surface area contributed by atoms with Gasteiger partial charge in [0.25, 0.3) is 0 Å². The van der Waals surface area contributed by atoms with Crippen LogP contribution in [0.5, 0.6) is 0 Å². The highest BCUT2D eigenvalue weighted by Gasteiger charge is 2.22. The molecular weight excluding hydrogens is 236 g/mol. The molecule has 1 rings (SSSR count). The Bertz CT molecular complexity index is 407. The zero-order chi connectivity index (χ0) is 14.7. The summed E-state index contributed by atoms with van der Waals surface area (Å²) in [5, 5.41) is 8.09. The van der Waals surface area contributed by atoms with Crippen LogP contribution in [-0.2, 0) is 13.6 Å². The normalized spacial score (nSPS) is 13.4. The van der Waals surface area contributed by atoms with Gasteiger partial charge in [-0.05, 0) is 19.8 Å². The van der Waals surface area contributed by atoms with Crippen molar-refractivity contribution in [2.75, 3.05) is 11.9 Å². The number of rotatable bonds is 6. The minimum atomic E-state index is 0.486. The van der Waals surface area contributed by atoms with E-state index in [1.807, 2.05) is 11.7 Å². The van der Waals surface area contributed by atoms with Crippen molar-refractivity contribution in [3.05, 3.63) is 11.3 Å². The highest BCUT2D eigenvalue weighted by atomic mass is 15.4. The molecule has 0 amide bonds. The molecule has 0 bridgehead atoms. The number of anilines is 1. The van der Waals surface area contributed by atoms with Crippen LogP contribution in [0.15, 0.2) is 0 Å². The first kappa shape index (κ1) is 16.0. The van der Waals surface area contributed by atoms with E-state index in [1.54, 1.807) is 0 Å². The summed E-state index contributed by atoms with van der Waals surface area (Å²) in [5.41, 5.74) is 2.43. The number of aryl methyl sites for hydroxylation is 2. The molecule has 1 unspecified atom stereocenters. The summed E-state index contributed by atoms with van der Waals surface area (Å²) in [7, 11) is 4.20. The zero-order valence-corrected chi connectivity index (χ0v) is 13.8. The van der Waals surface area contributed by atoms with Crippen molar-refractivity contribution < 1.29 is 0 Å². The maximum Gasteiger partial charge on any atom is 0.131 e. The number of hydrogen-bond acceptors (Lipinski definition) is 3. The first-order valence-electron chi connectivity index (χ1n) is 7.24. The van der Waals surface area contributed by atoms with Gasteiger partial charge in [-0.1, -0.05) is 27.7 Å².